The number of halogens is 1. The fourth-order valence-electron chi connectivity index (χ4n) is 3.54. The number of amides is 1. The zero-order valence-electron chi connectivity index (χ0n) is 14.5. The van der Waals surface area contributed by atoms with Gasteiger partial charge in [-0.05, 0) is 57.0 Å². The Hall–Kier alpha value is -1.88. The molecule has 0 aliphatic carbocycles. The maximum Gasteiger partial charge on any atom is 0.256 e. The largest absolute Gasteiger partial charge is 0.358 e. The third-order valence-electron chi connectivity index (χ3n) is 5.01. The molecule has 1 aromatic heterocycles. The number of piperidine rings is 1. The summed E-state index contributed by atoms with van der Waals surface area (Å²) in [5.41, 5.74) is 2.42. The summed E-state index contributed by atoms with van der Waals surface area (Å²) in [7, 11) is 1.88. The molecule has 130 valence electrons. The zero-order chi connectivity index (χ0) is 17.1. The lowest BCUT2D eigenvalue weighted by molar-refractivity contribution is 0.0704. The SMILES string of the molecule is CCCCc1[nH]c2ccc(F)cc2c1C(=O)N(C)C1CCNCC1. The first-order chi connectivity index (χ1) is 11.6. The molecule has 3 rings (SSSR count). The first kappa shape index (κ1) is 17.0. The van der Waals surface area contributed by atoms with Crippen LogP contribution in [0.3, 0.4) is 0 Å². The van der Waals surface area contributed by atoms with E-state index in [9.17, 15) is 9.18 Å². The number of carbonyl (C=O) groups excluding carboxylic acids is 1. The molecule has 1 aliphatic heterocycles. The second-order valence-electron chi connectivity index (χ2n) is 6.67. The highest BCUT2D eigenvalue weighted by atomic mass is 19.1. The zero-order valence-corrected chi connectivity index (χ0v) is 14.5. The normalized spacial score (nSPS) is 15.8. The molecule has 0 radical (unpaired) electrons. The standard InChI is InChI=1S/C19H26FN3O/c1-3-4-5-17-18(15-12-13(20)6-7-16(15)22-17)19(24)23(2)14-8-10-21-11-9-14/h6-7,12,14,21-22H,3-5,8-11H2,1-2H3. The minimum absolute atomic E-state index is 0.00449. The van der Waals surface area contributed by atoms with Crippen LogP contribution in [-0.4, -0.2) is 42.0 Å². The molecule has 0 unspecified atom stereocenters. The Morgan fingerprint density at radius 1 is 1.33 bits per heavy atom. The lowest BCUT2D eigenvalue weighted by Crippen LogP contribution is -2.44. The van der Waals surface area contributed by atoms with Gasteiger partial charge in [0.25, 0.3) is 5.91 Å². The van der Waals surface area contributed by atoms with E-state index in [0.717, 1.165) is 56.4 Å². The Morgan fingerprint density at radius 2 is 2.08 bits per heavy atom. The number of aryl methyl sites for hydroxylation is 1. The lowest BCUT2D eigenvalue weighted by Gasteiger charge is -2.31. The van der Waals surface area contributed by atoms with E-state index < -0.39 is 0 Å². The first-order valence-electron chi connectivity index (χ1n) is 8.89. The van der Waals surface area contributed by atoms with Gasteiger partial charge in [-0.1, -0.05) is 13.3 Å². The van der Waals surface area contributed by atoms with Gasteiger partial charge in [-0.15, -0.1) is 0 Å². The van der Waals surface area contributed by atoms with Crippen molar-refractivity contribution >= 4 is 16.8 Å². The van der Waals surface area contributed by atoms with Crippen LogP contribution < -0.4 is 5.32 Å². The van der Waals surface area contributed by atoms with Crippen LogP contribution >= 0.6 is 0 Å². The molecule has 4 nitrogen and oxygen atoms in total. The predicted molar refractivity (Wildman–Crippen MR) is 94.9 cm³/mol. The van der Waals surface area contributed by atoms with E-state index in [4.69, 9.17) is 0 Å². The average Bonchev–Trinajstić information content (AvgIpc) is 2.96. The number of fused-ring (bicyclic) bond motifs is 1. The number of carbonyl (C=O) groups is 1. The second-order valence-corrected chi connectivity index (χ2v) is 6.67. The molecule has 2 heterocycles. The van der Waals surface area contributed by atoms with Gasteiger partial charge >= 0.3 is 0 Å². The summed E-state index contributed by atoms with van der Waals surface area (Å²) in [5, 5.41) is 4.03. The van der Waals surface area contributed by atoms with Crippen LogP contribution in [0, 0.1) is 5.82 Å². The smallest absolute Gasteiger partial charge is 0.256 e. The molecular formula is C19H26FN3O. The third-order valence-corrected chi connectivity index (χ3v) is 5.01. The lowest BCUT2D eigenvalue weighted by atomic mass is 10.0. The highest BCUT2D eigenvalue weighted by molar-refractivity contribution is 6.08. The molecule has 1 amide bonds. The molecule has 0 saturated carbocycles. The Morgan fingerprint density at radius 3 is 2.79 bits per heavy atom. The monoisotopic (exact) mass is 331 g/mol. The molecule has 1 aliphatic rings. The molecule has 5 heteroatoms. The van der Waals surface area contributed by atoms with E-state index in [-0.39, 0.29) is 17.8 Å². The van der Waals surface area contributed by atoms with Gasteiger partial charge in [0, 0.05) is 29.7 Å². The van der Waals surface area contributed by atoms with Crippen LogP contribution in [0.25, 0.3) is 10.9 Å². The molecule has 0 spiro atoms. The highest BCUT2D eigenvalue weighted by Crippen LogP contribution is 2.27. The Bertz CT molecular complexity index is 719. The molecule has 24 heavy (non-hydrogen) atoms. The topological polar surface area (TPSA) is 48.1 Å². The van der Waals surface area contributed by atoms with Crippen molar-refractivity contribution < 1.29 is 9.18 Å². The van der Waals surface area contributed by atoms with Crippen LogP contribution in [-0.2, 0) is 6.42 Å². The molecule has 2 aromatic rings. The van der Waals surface area contributed by atoms with Gasteiger partial charge in [0.05, 0.1) is 5.56 Å². The van der Waals surface area contributed by atoms with Crippen molar-refractivity contribution in [3.05, 3.63) is 35.3 Å². The fraction of sp³-hybridized carbons (Fsp3) is 0.526. The molecule has 1 saturated heterocycles. The maximum atomic E-state index is 13.7. The fourth-order valence-corrected chi connectivity index (χ4v) is 3.54. The van der Waals surface area contributed by atoms with Crippen LogP contribution in [0.1, 0.15) is 48.7 Å². The number of nitrogens with one attached hydrogen (secondary N) is 2. The number of rotatable bonds is 5. The summed E-state index contributed by atoms with van der Waals surface area (Å²) in [5.74, 6) is -0.299. The van der Waals surface area contributed by atoms with Crippen LogP contribution in [0.5, 0.6) is 0 Å². The number of hydrogen-bond donors (Lipinski definition) is 2. The van der Waals surface area contributed by atoms with Gasteiger partial charge in [-0.2, -0.15) is 0 Å². The summed E-state index contributed by atoms with van der Waals surface area (Å²) in [6.07, 6.45) is 4.80. The van der Waals surface area contributed by atoms with Crippen LogP contribution in [0.15, 0.2) is 18.2 Å². The molecule has 1 aromatic carbocycles. The van der Waals surface area contributed by atoms with E-state index in [1.54, 1.807) is 6.07 Å². The molecular weight excluding hydrogens is 305 g/mol. The van der Waals surface area contributed by atoms with E-state index >= 15 is 0 Å². The van der Waals surface area contributed by atoms with Crippen molar-refractivity contribution in [1.82, 2.24) is 15.2 Å². The van der Waals surface area contributed by atoms with Gasteiger partial charge in [-0.25, -0.2) is 4.39 Å². The van der Waals surface area contributed by atoms with Gasteiger partial charge in [-0.3, -0.25) is 4.79 Å². The van der Waals surface area contributed by atoms with E-state index in [1.165, 1.54) is 12.1 Å². The average molecular weight is 331 g/mol. The summed E-state index contributed by atoms with van der Waals surface area (Å²) in [6, 6.07) is 4.88. The summed E-state index contributed by atoms with van der Waals surface area (Å²) < 4.78 is 13.7. The Kier molecular flexibility index (Phi) is 5.19. The van der Waals surface area contributed by atoms with Crippen molar-refractivity contribution in [1.29, 1.82) is 0 Å². The number of benzene rings is 1. The third kappa shape index (κ3) is 3.31. The van der Waals surface area contributed by atoms with E-state index in [1.807, 2.05) is 11.9 Å². The quantitative estimate of drug-likeness (QED) is 0.881. The first-order valence-corrected chi connectivity index (χ1v) is 8.89. The molecule has 0 atom stereocenters. The van der Waals surface area contributed by atoms with Crippen molar-refractivity contribution in [2.24, 2.45) is 0 Å². The summed E-state index contributed by atoms with van der Waals surface area (Å²) >= 11 is 0. The minimum atomic E-state index is -0.304. The van der Waals surface area contributed by atoms with Crippen LogP contribution in [0.4, 0.5) is 4.39 Å². The van der Waals surface area contributed by atoms with Crippen molar-refractivity contribution in [2.45, 2.75) is 45.1 Å². The van der Waals surface area contributed by atoms with Crippen molar-refractivity contribution in [2.75, 3.05) is 20.1 Å². The van der Waals surface area contributed by atoms with Gasteiger partial charge < -0.3 is 15.2 Å². The van der Waals surface area contributed by atoms with Gasteiger partial charge in [0.2, 0.25) is 0 Å². The highest BCUT2D eigenvalue weighted by Gasteiger charge is 2.27. The number of H-pyrrole nitrogens is 1. The summed E-state index contributed by atoms with van der Waals surface area (Å²) in [4.78, 5) is 18.4. The molecule has 2 N–H and O–H groups in total. The second kappa shape index (κ2) is 7.34. The number of hydrogen-bond acceptors (Lipinski definition) is 2. The van der Waals surface area contributed by atoms with Crippen molar-refractivity contribution in [3.63, 3.8) is 0 Å². The number of unbranched alkanes of at least 4 members (excludes halogenated alkanes) is 1. The molecule has 1 fully saturated rings. The number of nitrogens with zero attached hydrogens (tertiary/aromatic N) is 1. The van der Waals surface area contributed by atoms with E-state index in [0.29, 0.717) is 10.9 Å². The Labute approximate surface area is 142 Å². The molecule has 0 bridgehead atoms. The number of aromatic amines is 1. The van der Waals surface area contributed by atoms with Gasteiger partial charge in [0.15, 0.2) is 0 Å². The predicted octanol–water partition coefficient (Wildman–Crippen LogP) is 3.47. The maximum absolute atomic E-state index is 13.7. The minimum Gasteiger partial charge on any atom is -0.358 e. The number of aromatic nitrogens is 1. The van der Waals surface area contributed by atoms with Crippen LogP contribution in [0.2, 0.25) is 0 Å². The summed E-state index contributed by atoms with van der Waals surface area (Å²) in [6.45, 7) is 4.01. The van der Waals surface area contributed by atoms with E-state index in [2.05, 4.69) is 17.2 Å². The van der Waals surface area contributed by atoms with Gasteiger partial charge in [0.1, 0.15) is 5.82 Å². The Balaban J connectivity index is 1.98. The van der Waals surface area contributed by atoms with Crippen molar-refractivity contribution in [3.8, 4) is 0 Å².